The Hall–Kier alpha value is -3.94. The quantitative estimate of drug-likeness (QED) is 0.514. The number of ether oxygens (including phenoxy) is 2. The molecule has 4 aromatic rings. The van der Waals surface area contributed by atoms with Crippen LogP contribution in [0.5, 0.6) is 11.5 Å². The van der Waals surface area contributed by atoms with E-state index >= 15 is 0 Å². The summed E-state index contributed by atoms with van der Waals surface area (Å²) in [5.74, 6) is 1.37. The first-order valence-electron chi connectivity index (χ1n) is 8.74. The molecule has 5 rings (SSSR count). The largest absolute Gasteiger partial charge is 0.486 e. The minimum atomic E-state index is -0.291. The number of rotatable bonds is 3. The number of nitrogens with zero attached hydrogens (tertiary/aromatic N) is 5. The van der Waals surface area contributed by atoms with Gasteiger partial charge in [-0.3, -0.25) is 4.79 Å². The summed E-state index contributed by atoms with van der Waals surface area (Å²) in [5.41, 5.74) is 1.82. The zero-order chi connectivity index (χ0) is 18.9. The van der Waals surface area contributed by atoms with E-state index in [1.165, 1.54) is 17.2 Å². The van der Waals surface area contributed by atoms with Crippen LogP contribution < -0.4 is 15.0 Å². The molecule has 138 valence electrons. The number of para-hydroxylation sites is 1. The van der Waals surface area contributed by atoms with Crippen molar-refractivity contribution in [1.29, 1.82) is 0 Å². The number of aromatic nitrogens is 4. The Bertz CT molecular complexity index is 1240. The molecule has 0 fully saturated rings. The Labute approximate surface area is 159 Å². The van der Waals surface area contributed by atoms with E-state index in [-0.39, 0.29) is 5.56 Å². The third kappa shape index (κ3) is 2.81. The minimum absolute atomic E-state index is 0.291. The fourth-order valence-corrected chi connectivity index (χ4v) is 3.01. The zero-order valence-corrected chi connectivity index (χ0v) is 14.7. The van der Waals surface area contributed by atoms with Crippen molar-refractivity contribution in [2.45, 2.75) is 0 Å². The summed E-state index contributed by atoms with van der Waals surface area (Å²) in [6, 6.07) is 15.0. The lowest BCUT2D eigenvalue weighted by atomic mass is 10.2. The van der Waals surface area contributed by atoms with Gasteiger partial charge in [0.25, 0.3) is 5.56 Å². The highest BCUT2D eigenvalue weighted by molar-refractivity contribution is 5.81. The topological polar surface area (TPSA) is 83.5 Å². The first-order valence-corrected chi connectivity index (χ1v) is 8.74. The predicted octanol–water partition coefficient (Wildman–Crippen LogP) is 2.24. The van der Waals surface area contributed by atoms with Crippen molar-refractivity contribution >= 4 is 17.2 Å². The maximum Gasteiger partial charge on any atom is 0.285 e. The van der Waals surface area contributed by atoms with E-state index in [1.807, 2.05) is 48.5 Å². The fraction of sp³-hybridized carbons (Fsp3) is 0.100. The van der Waals surface area contributed by atoms with E-state index in [0.29, 0.717) is 35.7 Å². The normalized spacial score (nSPS) is 13.3. The monoisotopic (exact) mass is 373 g/mol. The van der Waals surface area contributed by atoms with Gasteiger partial charge in [0.1, 0.15) is 24.9 Å². The Morgan fingerprint density at radius 2 is 1.86 bits per heavy atom. The standard InChI is InChI=1S/C20H15N5O3/c26-20-16-12-23-25(15-4-2-1-3-5-15)19(16)21-13-24(20)22-11-14-6-7-17-18(10-14)28-9-8-27-17/h1-7,10-13H,8-9H2/b22-11-. The van der Waals surface area contributed by atoms with Gasteiger partial charge in [-0.05, 0) is 35.9 Å². The van der Waals surface area contributed by atoms with E-state index in [1.54, 1.807) is 10.9 Å². The van der Waals surface area contributed by atoms with Crippen LogP contribution in [0.4, 0.5) is 0 Å². The Morgan fingerprint density at radius 1 is 1.04 bits per heavy atom. The van der Waals surface area contributed by atoms with E-state index in [2.05, 4.69) is 15.2 Å². The molecule has 28 heavy (non-hydrogen) atoms. The highest BCUT2D eigenvalue weighted by atomic mass is 16.6. The van der Waals surface area contributed by atoms with Crippen LogP contribution in [0, 0.1) is 0 Å². The molecule has 1 aliphatic heterocycles. The third-order valence-corrected chi connectivity index (χ3v) is 4.37. The van der Waals surface area contributed by atoms with Crippen LogP contribution in [-0.2, 0) is 0 Å². The smallest absolute Gasteiger partial charge is 0.285 e. The van der Waals surface area contributed by atoms with Crippen LogP contribution in [0.25, 0.3) is 16.7 Å². The maximum absolute atomic E-state index is 12.7. The summed E-state index contributed by atoms with van der Waals surface area (Å²) in [7, 11) is 0. The van der Waals surface area contributed by atoms with E-state index in [4.69, 9.17) is 9.47 Å². The molecule has 8 nitrogen and oxygen atoms in total. The molecule has 0 unspecified atom stereocenters. The summed E-state index contributed by atoms with van der Waals surface area (Å²) < 4.78 is 13.9. The molecule has 0 spiro atoms. The van der Waals surface area contributed by atoms with Gasteiger partial charge in [-0.1, -0.05) is 18.2 Å². The predicted molar refractivity (Wildman–Crippen MR) is 104 cm³/mol. The number of hydrogen-bond acceptors (Lipinski definition) is 6. The van der Waals surface area contributed by atoms with Gasteiger partial charge in [0.05, 0.1) is 18.1 Å². The summed E-state index contributed by atoms with van der Waals surface area (Å²) >= 11 is 0. The first-order chi connectivity index (χ1) is 13.8. The minimum Gasteiger partial charge on any atom is -0.486 e. The molecule has 1 aliphatic rings. The van der Waals surface area contributed by atoms with E-state index in [0.717, 1.165) is 11.3 Å². The van der Waals surface area contributed by atoms with Crippen molar-refractivity contribution < 1.29 is 9.47 Å². The van der Waals surface area contributed by atoms with Crippen molar-refractivity contribution in [3.63, 3.8) is 0 Å². The average molecular weight is 373 g/mol. The summed E-state index contributed by atoms with van der Waals surface area (Å²) in [6.45, 7) is 1.05. The SMILES string of the molecule is O=c1c2cnn(-c3ccccc3)c2ncn1/N=C\c1ccc2c(c1)OCCO2. The van der Waals surface area contributed by atoms with Gasteiger partial charge in [-0.2, -0.15) is 14.9 Å². The molecule has 0 saturated heterocycles. The van der Waals surface area contributed by atoms with Gasteiger partial charge in [-0.25, -0.2) is 9.67 Å². The molecule has 3 heterocycles. The first kappa shape index (κ1) is 16.2. The number of fused-ring (bicyclic) bond motifs is 2. The number of benzene rings is 2. The van der Waals surface area contributed by atoms with Crippen LogP contribution in [0.2, 0.25) is 0 Å². The summed E-state index contributed by atoms with van der Waals surface area (Å²) in [4.78, 5) is 17.1. The zero-order valence-electron chi connectivity index (χ0n) is 14.7. The Balaban J connectivity index is 1.49. The Morgan fingerprint density at radius 3 is 2.71 bits per heavy atom. The average Bonchev–Trinajstić information content (AvgIpc) is 3.19. The summed E-state index contributed by atoms with van der Waals surface area (Å²) in [5, 5.41) is 8.93. The molecule has 0 N–H and O–H groups in total. The lowest BCUT2D eigenvalue weighted by Gasteiger charge is -2.18. The lowest BCUT2D eigenvalue weighted by molar-refractivity contribution is 0.171. The Kier molecular flexibility index (Phi) is 3.86. The van der Waals surface area contributed by atoms with E-state index < -0.39 is 0 Å². The molecule has 0 aliphatic carbocycles. The van der Waals surface area contributed by atoms with Crippen molar-refractivity contribution in [1.82, 2.24) is 19.4 Å². The van der Waals surface area contributed by atoms with Crippen molar-refractivity contribution in [3.05, 3.63) is 77.0 Å². The molecule has 8 heteroatoms. The van der Waals surface area contributed by atoms with Gasteiger partial charge in [0, 0.05) is 0 Å². The third-order valence-electron chi connectivity index (χ3n) is 4.37. The van der Waals surface area contributed by atoms with Gasteiger partial charge >= 0.3 is 0 Å². The molecule has 0 bridgehead atoms. The van der Waals surface area contributed by atoms with Crippen LogP contribution in [0.3, 0.4) is 0 Å². The van der Waals surface area contributed by atoms with Gasteiger partial charge < -0.3 is 9.47 Å². The molecule has 0 saturated carbocycles. The molecular weight excluding hydrogens is 358 g/mol. The molecule has 0 radical (unpaired) electrons. The van der Waals surface area contributed by atoms with Crippen molar-refractivity contribution in [3.8, 4) is 17.2 Å². The van der Waals surface area contributed by atoms with Crippen molar-refractivity contribution in [2.24, 2.45) is 5.10 Å². The second-order valence-electron chi connectivity index (χ2n) is 6.17. The fourth-order valence-electron chi connectivity index (χ4n) is 3.01. The molecule has 0 atom stereocenters. The molecule has 2 aromatic heterocycles. The second-order valence-corrected chi connectivity index (χ2v) is 6.17. The lowest BCUT2D eigenvalue weighted by Crippen LogP contribution is -2.17. The van der Waals surface area contributed by atoms with Crippen LogP contribution >= 0.6 is 0 Å². The van der Waals surface area contributed by atoms with Crippen LogP contribution in [0.1, 0.15) is 5.56 Å². The molecule has 0 amide bonds. The molecular formula is C20H15N5O3. The van der Waals surface area contributed by atoms with Crippen LogP contribution in [0.15, 0.2) is 71.0 Å². The second kappa shape index (κ2) is 6.66. The van der Waals surface area contributed by atoms with Gasteiger partial charge in [0.15, 0.2) is 17.1 Å². The van der Waals surface area contributed by atoms with Gasteiger partial charge in [-0.15, -0.1) is 0 Å². The van der Waals surface area contributed by atoms with E-state index in [9.17, 15) is 4.79 Å². The summed E-state index contributed by atoms with van der Waals surface area (Å²) in [6.07, 6.45) is 4.48. The van der Waals surface area contributed by atoms with Crippen molar-refractivity contribution in [2.75, 3.05) is 13.2 Å². The van der Waals surface area contributed by atoms with Crippen LogP contribution in [-0.4, -0.2) is 38.9 Å². The highest BCUT2D eigenvalue weighted by Gasteiger charge is 2.12. The number of hydrogen-bond donors (Lipinski definition) is 0. The maximum atomic E-state index is 12.7. The molecule has 2 aromatic carbocycles. The highest BCUT2D eigenvalue weighted by Crippen LogP contribution is 2.30. The van der Waals surface area contributed by atoms with Gasteiger partial charge in [0.2, 0.25) is 0 Å².